The molecule has 0 atom stereocenters. The molecule has 148 valence electrons. The smallest absolute Gasteiger partial charge is 0.331 e. The minimum absolute atomic E-state index is 0.331. The summed E-state index contributed by atoms with van der Waals surface area (Å²) >= 11 is 0. The van der Waals surface area contributed by atoms with E-state index in [9.17, 15) is 9.59 Å². The van der Waals surface area contributed by atoms with E-state index in [1.54, 1.807) is 50.6 Å². The molecule has 0 saturated carbocycles. The first-order chi connectivity index (χ1) is 13.5. The van der Waals surface area contributed by atoms with Crippen LogP contribution in [0, 0.1) is 0 Å². The summed E-state index contributed by atoms with van der Waals surface area (Å²) in [5, 5.41) is 2.68. The van der Waals surface area contributed by atoms with E-state index in [1.165, 1.54) is 13.2 Å². The molecule has 0 aliphatic heterocycles. The molecule has 0 bridgehead atoms. The average Bonchev–Trinajstić information content (AvgIpc) is 2.74. The van der Waals surface area contributed by atoms with Gasteiger partial charge in [-0.1, -0.05) is 12.1 Å². The first-order valence-electron chi connectivity index (χ1n) is 8.52. The van der Waals surface area contributed by atoms with Crippen molar-refractivity contribution in [3.63, 3.8) is 0 Å². The number of nitrogens with one attached hydrogen (secondary N) is 1. The molecule has 0 fully saturated rings. The fourth-order valence-corrected chi connectivity index (χ4v) is 2.31. The number of benzene rings is 2. The Morgan fingerprint density at radius 1 is 0.929 bits per heavy atom. The van der Waals surface area contributed by atoms with Crippen molar-refractivity contribution in [1.82, 2.24) is 5.32 Å². The molecule has 0 radical (unpaired) electrons. The largest absolute Gasteiger partial charge is 0.497 e. The van der Waals surface area contributed by atoms with Gasteiger partial charge in [0.1, 0.15) is 17.2 Å². The normalized spacial score (nSPS) is 10.4. The topological polar surface area (TPSA) is 83.1 Å². The molecule has 0 aliphatic rings. The summed E-state index contributed by atoms with van der Waals surface area (Å²) in [4.78, 5) is 23.7. The molecule has 0 spiro atoms. The predicted molar refractivity (Wildman–Crippen MR) is 104 cm³/mol. The molecule has 2 aromatic rings. The molecular weight excluding hydrogens is 362 g/mol. The SMILES string of the molecule is COc1ccc(CNC(=O)COC(=O)/C=C/c2cc(OC)ccc2OC)cc1. The van der Waals surface area contributed by atoms with Gasteiger partial charge in [0, 0.05) is 18.2 Å². The lowest BCUT2D eigenvalue weighted by Gasteiger charge is -2.07. The molecule has 28 heavy (non-hydrogen) atoms. The summed E-state index contributed by atoms with van der Waals surface area (Å²) in [6.45, 7) is -0.0359. The maximum atomic E-state index is 11.8. The third-order valence-electron chi connectivity index (χ3n) is 3.83. The number of ether oxygens (including phenoxy) is 4. The molecule has 2 rings (SSSR count). The molecule has 7 heteroatoms. The average molecular weight is 385 g/mol. The van der Waals surface area contributed by atoms with Crippen LogP contribution in [0.25, 0.3) is 6.08 Å². The Morgan fingerprint density at radius 2 is 1.61 bits per heavy atom. The Bertz CT molecular complexity index is 829. The van der Waals surface area contributed by atoms with Gasteiger partial charge in [-0.25, -0.2) is 4.79 Å². The van der Waals surface area contributed by atoms with Gasteiger partial charge in [-0.3, -0.25) is 4.79 Å². The molecule has 0 aliphatic carbocycles. The number of carbonyl (C=O) groups excluding carboxylic acids is 2. The first-order valence-corrected chi connectivity index (χ1v) is 8.52. The second kappa shape index (κ2) is 10.6. The van der Waals surface area contributed by atoms with Gasteiger partial charge in [0.25, 0.3) is 5.91 Å². The zero-order valence-corrected chi connectivity index (χ0v) is 16.1. The number of hydrogen-bond acceptors (Lipinski definition) is 6. The van der Waals surface area contributed by atoms with E-state index in [4.69, 9.17) is 18.9 Å². The fourth-order valence-electron chi connectivity index (χ4n) is 2.31. The maximum absolute atomic E-state index is 11.8. The quantitative estimate of drug-likeness (QED) is 0.528. The van der Waals surface area contributed by atoms with Crippen molar-refractivity contribution in [2.75, 3.05) is 27.9 Å². The van der Waals surface area contributed by atoms with Crippen molar-refractivity contribution in [2.24, 2.45) is 0 Å². The first kappa shape index (κ1) is 20.8. The summed E-state index contributed by atoms with van der Waals surface area (Å²) in [7, 11) is 4.67. The number of carbonyl (C=O) groups is 2. The van der Waals surface area contributed by atoms with Crippen LogP contribution in [-0.2, 0) is 20.9 Å². The standard InChI is InChI=1S/C21H23NO6/c1-25-17-7-4-15(5-8-17)13-22-20(23)14-28-21(24)11-6-16-12-18(26-2)9-10-19(16)27-3/h4-12H,13-14H2,1-3H3,(H,22,23)/b11-6+. The van der Waals surface area contributed by atoms with Crippen LogP contribution in [0.2, 0.25) is 0 Å². The number of rotatable bonds is 9. The Labute approximate surface area is 163 Å². The van der Waals surface area contributed by atoms with Gasteiger partial charge >= 0.3 is 5.97 Å². The van der Waals surface area contributed by atoms with Gasteiger partial charge in [-0.15, -0.1) is 0 Å². The van der Waals surface area contributed by atoms with Crippen LogP contribution < -0.4 is 19.5 Å². The number of hydrogen-bond donors (Lipinski definition) is 1. The highest BCUT2D eigenvalue weighted by molar-refractivity contribution is 5.89. The number of methoxy groups -OCH3 is 3. The highest BCUT2D eigenvalue weighted by Gasteiger charge is 2.07. The van der Waals surface area contributed by atoms with Crippen molar-refractivity contribution in [3.8, 4) is 17.2 Å². The third-order valence-corrected chi connectivity index (χ3v) is 3.83. The van der Waals surface area contributed by atoms with Crippen LogP contribution >= 0.6 is 0 Å². The summed E-state index contributed by atoms with van der Waals surface area (Å²) in [6.07, 6.45) is 2.77. The molecule has 7 nitrogen and oxygen atoms in total. The Kier molecular flexibility index (Phi) is 7.90. The summed E-state index contributed by atoms with van der Waals surface area (Å²) < 4.78 is 20.4. The molecule has 0 aromatic heterocycles. The van der Waals surface area contributed by atoms with Gasteiger partial charge in [0.2, 0.25) is 0 Å². The second-order valence-corrected chi connectivity index (χ2v) is 5.67. The van der Waals surface area contributed by atoms with E-state index in [0.29, 0.717) is 23.6 Å². The van der Waals surface area contributed by atoms with E-state index in [0.717, 1.165) is 11.3 Å². The molecule has 0 saturated heterocycles. The molecule has 1 N–H and O–H groups in total. The monoisotopic (exact) mass is 385 g/mol. The minimum Gasteiger partial charge on any atom is -0.497 e. The lowest BCUT2D eigenvalue weighted by molar-refractivity contribution is -0.143. The Morgan fingerprint density at radius 3 is 2.25 bits per heavy atom. The third kappa shape index (κ3) is 6.35. The summed E-state index contributed by atoms with van der Waals surface area (Å²) in [5.74, 6) is 0.929. The van der Waals surface area contributed by atoms with Gasteiger partial charge in [-0.05, 0) is 42.0 Å². The fraction of sp³-hybridized carbons (Fsp3) is 0.238. The highest BCUT2D eigenvalue weighted by atomic mass is 16.5. The van der Waals surface area contributed by atoms with E-state index in [2.05, 4.69) is 5.32 Å². The van der Waals surface area contributed by atoms with Gasteiger partial charge in [0.05, 0.1) is 21.3 Å². The van der Waals surface area contributed by atoms with Crippen LogP contribution in [0.3, 0.4) is 0 Å². The van der Waals surface area contributed by atoms with Gasteiger partial charge in [0.15, 0.2) is 6.61 Å². The van der Waals surface area contributed by atoms with Crippen molar-refractivity contribution in [1.29, 1.82) is 0 Å². The molecule has 0 heterocycles. The van der Waals surface area contributed by atoms with Crippen LogP contribution in [0.15, 0.2) is 48.5 Å². The zero-order chi connectivity index (χ0) is 20.4. The van der Waals surface area contributed by atoms with Crippen molar-refractivity contribution < 1.29 is 28.5 Å². The molecule has 2 aromatic carbocycles. The van der Waals surface area contributed by atoms with Crippen molar-refractivity contribution in [2.45, 2.75) is 6.54 Å². The van der Waals surface area contributed by atoms with E-state index >= 15 is 0 Å². The second-order valence-electron chi connectivity index (χ2n) is 5.67. The van der Waals surface area contributed by atoms with Crippen LogP contribution in [0.5, 0.6) is 17.2 Å². The minimum atomic E-state index is -0.635. The highest BCUT2D eigenvalue weighted by Crippen LogP contribution is 2.25. The van der Waals surface area contributed by atoms with E-state index in [-0.39, 0.29) is 6.61 Å². The van der Waals surface area contributed by atoms with E-state index in [1.807, 2.05) is 12.1 Å². The van der Waals surface area contributed by atoms with Gasteiger partial charge in [-0.2, -0.15) is 0 Å². The lowest BCUT2D eigenvalue weighted by Crippen LogP contribution is -2.28. The zero-order valence-electron chi connectivity index (χ0n) is 16.1. The maximum Gasteiger partial charge on any atom is 0.331 e. The van der Waals surface area contributed by atoms with Crippen LogP contribution in [0.1, 0.15) is 11.1 Å². The lowest BCUT2D eigenvalue weighted by atomic mass is 10.1. The summed E-state index contributed by atoms with van der Waals surface area (Å²) in [5.41, 5.74) is 1.56. The van der Waals surface area contributed by atoms with E-state index < -0.39 is 11.9 Å². The number of amides is 1. The molecular formula is C21H23NO6. The van der Waals surface area contributed by atoms with Crippen LogP contribution in [-0.4, -0.2) is 39.8 Å². The van der Waals surface area contributed by atoms with Crippen molar-refractivity contribution >= 4 is 18.0 Å². The molecule has 1 amide bonds. The van der Waals surface area contributed by atoms with Crippen molar-refractivity contribution in [3.05, 3.63) is 59.7 Å². The number of esters is 1. The predicted octanol–water partition coefficient (Wildman–Crippen LogP) is 2.59. The Balaban J connectivity index is 1.81. The summed E-state index contributed by atoms with van der Waals surface area (Å²) in [6, 6.07) is 12.5. The Hall–Kier alpha value is -3.48. The van der Waals surface area contributed by atoms with Crippen LogP contribution in [0.4, 0.5) is 0 Å². The van der Waals surface area contributed by atoms with Gasteiger partial charge < -0.3 is 24.3 Å². The molecule has 0 unspecified atom stereocenters.